The van der Waals surface area contributed by atoms with Gasteiger partial charge in [0.15, 0.2) is 6.04 Å². The molecule has 0 saturated carbocycles. The van der Waals surface area contributed by atoms with Gasteiger partial charge in [0.1, 0.15) is 0 Å². The van der Waals surface area contributed by atoms with Crippen LogP contribution in [0.2, 0.25) is 0 Å². The van der Waals surface area contributed by atoms with Gasteiger partial charge in [-0.25, -0.2) is 0 Å². The Kier molecular flexibility index (Phi) is 2.84. The molecule has 0 aliphatic carbocycles. The van der Waals surface area contributed by atoms with E-state index in [-0.39, 0.29) is 5.91 Å². The van der Waals surface area contributed by atoms with Crippen LogP contribution >= 0.6 is 0 Å². The summed E-state index contributed by atoms with van der Waals surface area (Å²) in [6, 6.07) is 11.1. The van der Waals surface area contributed by atoms with Crippen molar-refractivity contribution in [3.8, 4) is 11.1 Å². The number of benzene rings is 2. The summed E-state index contributed by atoms with van der Waals surface area (Å²) >= 11 is 0. The first-order chi connectivity index (χ1) is 10.7. The van der Waals surface area contributed by atoms with E-state index in [1.54, 1.807) is 0 Å². The number of anilines is 1. The largest absolute Gasteiger partial charge is 0.323 e. The van der Waals surface area contributed by atoms with Crippen molar-refractivity contribution >= 4 is 11.6 Å². The molecule has 5 heteroatoms. The van der Waals surface area contributed by atoms with Crippen molar-refractivity contribution < 1.29 is 4.79 Å². The van der Waals surface area contributed by atoms with Gasteiger partial charge in [-0.2, -0.15) is 0 Å². The standard InChI is InChI=1S/C17H15N3O2/c1-20-8-13-11(10-5-3-2-4-6-10)7-12-15(14(13)9-20)18-17(21)16(12)19-22/h2-7,16H,8-9H2,1H3,(H,18,21). The van der Waals surface area contributed by atoms with Gasteiger partial charge in [0.2, 0.25) is 0 Å². The number of carbonyl (C=O) groups excluding carboxylic acids is 1. The molecule has 2 aromatic rings. The molecule has 1 N–H and O–H groups in total. The first kappa shape index (κ1) is 13.2. The Balaban J connectivity index is 1.98. The lowest BCUT2D eigenvalue weighted by atomic mass is 9.92. The molecular formula is C17H15N3O2. The molecule has 0 saturated heterocycles. The summed E-state index contributed by atoms with van der Waals surface area (Å²) in [6.07, 6.45) is 0. The predicted molar refractivity (Wildman–Crippen MR) is 84.2 cm³/mol. The van der Waals surface area contributed by atoms with E-state index in [1.807, 2.05) is 43.4 Å². The van der Waals surface area contributed by atoms with Crippen molar-refractivity contribution in [2.45, 2.75) is 19.1 Å². The van der Waals surface area contributed by atoms with Crippen LogP contribution in [0.15, 0.2) is 41.6 Å². The first-order valence-corrected chi connectivity index (χ1v) is 7.25. The Morgan fingerprint density at radius 2 is 1.91 bits per heavy atom. The molecule has 2 aliphatic heterocycles. The third kappa shape index (κ3) is 1.79. The molecule has 0 radical (unpaired) electrons. The minimum Gasteiger partial charge on any atom is -0.323 e. The lowest BCUT2D eigenvalue weighted by molar-refractivity contribution is -0.116. The first-order valence-electron chi connectivity index (χ1n) is 7.25. The SMILES string of the molecule is CN1Cc2c(-c3ccccc3)cc3c(c2C1)NC(=O)C3N=O. The Labute approximate surface area is 127 Å². The summed E-state index contributed by atoms with van der Waals surface area (Å²) in [4.78, 5) is 25.2. The van der Waals surface area contributed by atoms with Crippen LogP contribution in [-0.4, -0.2) is 17.9 Å². The molecule has 0 fully saturated rings. The van der Waals surface area contributed by atoms with Gasteiger partial charge in [-0.3, -0.25) is 9.69 Å². The van der Waals surface area contributed by atoms with Crippen molar-refractivity contribution in [1.82, 2.24) is 4.90 Å². The van der Waals surface area contributed by atoms with Crippen molar-refractivity contribution in [2.75, 3.05) is 12.4 Å². The second-order valence-electron chi connectivity index (χ2n) is 5.88. The van der Waals surface area contributed by atoms with E-state index in [9.17, 15) is 9.70 Å². The van der Waals surface area contributed by atoms with Crippen LogP contribution in [0.1, 0.15) is 22.7 Å². The van der Waals surface area contributed by atoms with E-state index >= 15 is 0 Å². The maximum absolute atomic E-state index is 12.0. The summed E-state index contributed by atoms with van der Waals surface area (Å²) < 4.78 is 0. The fourth-order valence-electron chi connectivity index (χ4n) is 3.43. The zero-order valence-electron chi connectivity index (χ0n) is 12.2. The van der Waals surface area contributed by atoms with Gasteiger partial charge in [-0.1, -0.05) is 35.5 Å². The van der Waals surface area contributed by atoms with Gasteiger partial charge >= 0.3 is 0 Å². The maximum Gasteiger partial charge on any atom is 0.257 e. The highest BCUT2D eigenvalue weighted by Crippen LogP contribution is 2.44. The summed E-state index contributed by atoms with van der Waals surface area (Å²) in [6.45, 7) is 1.60. The molecule has 0 aromatic heterocycles. The molecule has 2 aliphatic rings. The highest BCUT2D eigenvalue weighted by molar-refractivity contribution is 6.04. The van der Waals surface area contributed by atoms with Crippen LogP contribution in [0, 0.1) is 4.91 Å². The van der Waals surface area contributed by atoms with Crippen molar-refractivity contribution in [2.24, 2.45) is 5.18 Å². The Morgan fingerprint density at radius 1 is 1.18 bits per heavy atom. The molecule has 0 spiro atoms. The van der Waals surface area contributed by atoms with E-state index < -0.39 is 6.04 Å². The van der Waals surface area contributed by atoms with Gasteiger partial charge < -0.3 is 5.32 Å². The quantitative estimate of drug-likeness (QED) is 0.866. The smallest absolute Gasteiger partial charge is 0.257 e. The minimum absolute atomic E-state index is 0.327. The highest BCUT2D eigenvalue weighted by atomic mass is 16.3. The Morgan fingerprint density at radius 3 is 2.64 bits per heavy atom. The molecule has 1 unspecified atom stereocenters. The third-order valence-electron chi connectivity index (χ3n) is 4.42. The summed E-state index contributed by atoms with van der Waals surface area (Å²) in [5.74, 6) is -0.327. The van der Waals surface area contributed by atoms with Crippen LogP contribution in [0.3, 0.4) is 0 Å². The molecular weight excluding hydrogens is 278 g/mol. The summed E-state index contributed by atoms with van der Waals surface area (Å²) in [5, 5.41) is 5.85. The number of hydrogen-bond acceptors (Lipinski definition) is 4. The number of nitroso groups, excluding NO2 is 1. The zero-order chi connectivity index (χ0) is 15.3. The molecule has 2 aromatic carbocycles. The highest BCUT2D eigenvalue weighted by Gasteiger charge is 2.37. The fraction of sp³-hybridized carbons (Fsp3) is 0.235. The lowest BCUT2D eigenvalue weighted by Crippen LogP contribution is -2.10. The number of hydrogen-bond donors (Lipinski definition) is 1. The lowest BCUT2D eigenvalue weighted by Gasteiger charge is -2.13. The van der Waals surface area contributed by atoms with Gasteiger partial charge in [0, 0.05) is 18.7 Å². The number of rotatable bonds is 2. The molecule has 0 bridgehead atoms. The summed E-state index contributed by atoms with van der Waals surface area (Å²) in [7, 11) is 2.05. The predicted octanol–water partition coefficient (Wildman–Crippen LogP) is 3.06. The minimum atomic E-state index is -0.936. The van der Waals surface area contributed by atoms with Crippen molar-refractivity contribution in [1.29, 1.82) is 0 Å². The number of nitrogens with zero attached hydrogens (tertiary/aromatic N) is 2. The maximum atomic E-state index is 12.0. The molecule has 2 heterocycles. The molecule has 110 valence electrons. The van der Waals surface area contributed by atoms with Gasteiger partial charge in [0.05, 0.1) is 5.69 Å². The second-order valence-corrected chi connectivity index (χ2v) is 5.88. The van der Waals surface area contributed by atoms with Crippen LogP contribution in [0.25, 0.3) is 11.1 Å². The van der Waals surface area contributed by atoms with Crippen molar-refractivity contribution in [3.63, 3.8) is 0 Å². The van der Waals surface area contributed by atoms with E-state index in [0.717, 1.165) is 35.5 Å². The fourth-order valence-corrected chi connectivity index (χ4v) is 3.43. The monoisotopic (exact) mass is 293 g/mol. The number of amides is 1. The molecule has 4 rings (SSSR count). The normalized spacial score (nSPS) is 19.7. The average molecular weight is 293 g/mol. The molecule has 1 amide bonds. The Bertz CT molecular complexity index is 786. The van der Waals surface area contributed by atoms with Gasteiger partial charge in [0.25, 0.3) is 5.91 Å². The van der Waals surface area contributed by atoms with E-state index in [4.69, 9.17) is 0 Å². The molecule has 22 heavy (non-hydrogen) atoms. The third-order valence-corrected chi connectivity index (χ3v) is 4.42. The van der Waals surface area contributed by atoms with Crippen LogP contribution < -0.4 is 5.32 Å². The molecule has 5 nitrogen and oxygen atoms in total. The molecule has 1 atom stereocenters. The number of nitrogens with one attached hydrogen (secondary N) is 1. The zero-order valence-corrected chi connectivity index (χ0v) is 12.2. The van der Waals surface area contributed by atoms with E-state index in [0.29, 0.717) is 5.56 Å². The van der Waals surface area contributed by atoms with Crippen LogP contribution in [0.4, 0.5) is 5.69 Å². The van der Waals surface area contributed by atoms with E-state index in [1.165, 1.54) is 5.56 Å². The van der Waals surface area contributed by atoms with Crippen LogP contribution in [0.5, 0.6) is 0 Å². The number of fused-ring (bicyclic) bond motifs is 3. The Hall–Kier alpha value is -2.53. The second kappa shape index (κ2) is 4.74. The van der Waals surface area contributed by atoms with Gasteiger partial charge in [-0.05, 0) is 35.4 Å². The van der Waals surface area contributed by atoms with E-state index in [2.05, 4.69) is 15.4 Å². The van der Waals surface area contributed by atoms with Gasteiger partial charge in [-0.15, -0.1) is 4.91 Å². The number of carbonyl (C=O) groups is 1. The topological polar surface area (TPSA) is 61.8 Å². The van der Waals surface area contributed by atoms with Crippen LogP contribution in [-0.2, 0) is 17.9 Å². The van der Waals surface area contributed by atoms with Crippen molar-refractivity contribution in [3.05, 3.63) is 58.0 Å². The summed E-state index contributed by atoms with van der Waals surface area (Å²) in [5.41, 5.74) is 6.00. The average Bonchev–Trinajstić information content (AvgIpc) is 3.06.